The molecule has 1 atom stereocenters. The topological polar surface area (TPSA) is 60.0 Å². The highest BCUT2D eigenvalue weighted by molar-refractivity contribution is 5.50. The summed E-state index contributed by atoms with van der Waals surface area (Å²) in [6.07, 6.45) is 6.59. The van der Waals surface area contributed by atoms with Crippen LogP contribution in [-0.2, 0) is 6.54 Å². The predicted octanol–water partition coefficient (Wildman–Crippen LogP) is 3.79. The zero-order valence-electron chi connectivity index (χ0n) is 15.0. The van der Waals surface area contributed by atoms with Gasteiger partial charge in [0.2, 0.25) is 0 Å². The van der Waals surface area contributed by atoms with E-state index >= 15 is 0 Å². The first-order valence-corrected chi connectivity index (χ1v) is 8.81. The van der Waals surface area contributed by atoms with Crippen molar-refractivity contribution in [2.24, 2.45) is 0 Å². The van der Waals surface area contributed by atoms with Crippen LogP contribution in [-0.4, -0.2) is 24.1 Å². The van der Waals surface area contributed by atoms with E-state index in [-0.39, 0.29) is 6.04 Å². The summed E-state index contributed by atoms with van der Waals surface area (Å²) in [6, 6.07) is 14.6. The maximum Gasteiger partial charge on any atom is 0.157 e. The molecule has 0 saturated heterocycles. The molecule has 26 heavy (non-hydrogen) atoms. The molecule has 4 aromatic rings. The molecular weight excluding hydrogens is 324 g/mol. The van der Waals surface area contributed by atoms with Crippen LogP contribution in [0.1, 0.15) is 29.5 Å². The monoisotopic (exact) mass is 346 g/mol. The molecule has 4 rings (SSSR count). The summed E-state index contributed by atoms with van der Waals surface area (Å²) in [5, 5.41) is 8.08. The van der Waals surface area contributed by atoms with E-state index in [1.165, 1.54) is 5.56 Å². The van der Waals surface area contributed by atoms with Crippen LogP contribution in [0, 0.1) is 13.8 Å². The number of aryl methyl sites for hydroxylation is 3. The molecule has 6 heteroatoms. The summed E-state index contributed by atoms with van der Waals surface area (Å²) in [6.45, 7) is 4.93. The van der Waals surface area contributed by atoms with E-state index in [1.807, 2.05) is 49.0 Å². The Balaban J connectivity index is 1.64. The molecule has 3 aromatic heterocycles. The number of anilines is 1. The van der Waals surface area contributed by atoms with E-state index in [4.69, 9.17) is 0 Å². The molecule has 0 aliphatic rings. The first kappa shape index (κ1) is 16.3. The minimum absolute atomic E-state index is 0.159. The van der Waals surface area contributed by atoms with Crippen LogP contribution in [0.2, 0.25) is 0 Å². The van der Waals surface area contributed by atoms with E-state index in [0.29, 0.717) is 0 Å². The second-order valence-electron chi connectivity index (χ2n) is 6.45. The Morgan fingerprint density at radius 1 is 1.08 bits per heavy atom. The molecule has 132 valence electrons. The standard InChI is InChI=1S/C20H22N6/c1-15-14-20(26-19(23-15)8-10-22-26)24-18(17-6-4-3-5-7-17)9-12-25-13-11-21-16(25)2/h3-8,10-11,13-14,18,24H,9,12H2,1-2H3/t18-/m1/s1. The third-order valence-electron chi connectivity index (χ3n) is 4.59. The number of aromatic nitrogens is 5. The molecule has 6 nitrogen and oxygen atoms in total. The van der Waals surface area contributed by atoms with Gasteiger partial charge < -0.3 is 9.88 Å². The Labute approximate surface area is 152 Å². The van der Waals surface area contributed by atoms with Gasteiger partial charge >= 0.3 is 0 Å². The van der Waals surface area contributed by atoms with Gasteiger partial charge in [0.1, 0.15) is 11.6 Å². The lowest BCUT2D eigenvalue weighted by molar-refractivity contribution is 0.571. The first-order valence-electron chi connectivity index (χ1n) is 8.81. The van der Waals surface area contributed by atoms with Crippen LogP contribution in [0.5, 0.6) is 0 Å². The van der Waals surface area contributed by atoms with E-state index in [9.17, 15) is 0 Å². The zero-order valence-corrected chi connectivity index (χ0v) is 15.0. The van der Waals surface area contributed by atoms with Crippen LogP contribution in [0.4, 0.5) is 5.82 Å². The Hall–Kier alpha value is -3.15. The Bertz CT molecular complexity index is 1000. The van der Waals surface area contributed by atoms with E-state index in [2.05, 4.69) is 49.2 Å². The molecule has 1 aromatic carbocycles. The van der Waals surface area contributed by atoms with E-state index < -0.39 is 0 Å². The van der Waals surface area contributed by atoms with Crippen molar-refractivity contribution in [3.63, 3.8) is 0 Å². The first-order chi connectivity index (χ1) is 12.7. The highest BCUT2D eigenvalue weighted by Gasteiger charge is 2.14. The molecule has 0 radical (unpaired) electrons. The van der Waals surface area contributed by atoms with Gasteiger partial charge in [0.15, 0.2) is 5.65 Å². The fraction of sp³-hybridized carbons (Fsp3) is 0.250. The third-order valence-corrected chi connectivity index (χ3v) is 4.59. The predicted molar refractivity (Wildman–Crippen MR) is 102 cm³/mol. The lowest BCUT2D eigenvalue weighted by Gasteiger charge is -2.21. The number of nitrogens with zero attached hydrogens (tertiary/aromatic N) is 5. The van der Waals surface area contributed by atoms with Gasteiger partial charge in [-0.1, -0.05) is 30.3 Å². The smallest absolute Gasteiger partial charge is 0.157 e. The number of hydrogen-bond donors (Lipinski definition) is 1. The van der Waals surface area contributed by atoms with Gasteiger partial charge in [-0.2, -0.15) is 9.61 Å². The van der Waals surface area contributed by atoms with Crippen LogP contribution in [0.25, 0.3) is 5.65 Å². The average molecular weight is 346 g/mol. The number of fused-ring (bicyclic) bond motifs is 1. The lowest BCUT2D eigenvalue weighted by Crippen LogP contribution is -2.16. The van der Waals surface area contributed by atoms with Gasteiger partial charge in [-0.05, 0) is 25.8 Å². The fourth-order valence-electron chi connectivity index (χ4n) is 3.24. The lowest BCUT2D eigenvalue weighted by atomic mass is 10.0. The SMILES string of the molecule is Cc1cc(N[C@H](CCn2ccnc2C)c2ccccc2)n2nccc2n1. The van der Waals surface area contributed by atoms with Crippen molar-refractivity contribution in [1.82, 2.24) is 24.1 Å². The Kier molecular flexibility index (Phi) is 4.39. The molecular formula is C20H22N6. The molecule has 0 spiro atoms. The second-order valence-corrected chi connectivity index (χ2v) is 6.45. The summed E-state index contributed by atoms with van der Waals surface area (Å²) in [5.74, 6) is 1.99. The summed E-state index contributed by atoms with van der Waals surface area (Å²) in [7, 11) is 0. The zero-order chi connectivity index (χ0) is 17.9. The molecule has 0 bridgehead atoms. The maximum absolute atomic E-state index is 4.52. The van der Waals surface area contributed by atoms with Gasteiger partial charge in [0.05, 0.1) is 12.2 Å². The van der Waals surface area contributed by atoms with Crippen molar-refractivity contribution in [1.29, 1.82) is 0 Å². The molecule has 3 heterocycles. The molecule has 0 unspecified atom stereocenters. The average Bonchev–Trinajstić information content (AvgIpc) is 3.28. The van der Waals surface area contributed by atoms with Crippen LogP contribution >= 0.6 is 0 Å². The van der Waals surface area contributed by atoms with Crippen molar-refractivity contribution in [3.8, 4) is 0 Å². The van der Waals surface area contributed by atoms with Gasteiger partial charge in [0.25, 0.3) is 0 Å². The van der Waals surface area contributed by atoms with Gasteiger partial charge in [-0.15, -0.1) is 0 Å². The van der Waals surface area contributed by atoms with Crippen molar-refractivity contribution in [2.45, 2.75) is 32.9 Å². The number of hydrogen-bond acceptors (Lipinski definition) is 4. The summed E-state index contributed by atoms with van der Waals surface area (Å²) in [4.78, 5) is 8.84. The van der Waals surface area contributed by atoms with Crippen LogP contribution in [0.3, 0.4) is 0 Å². The fourth-order valence-corrected chi connectivity index (χ4v) is 3.24. The highest BCUT2D eigenvalue weighted by atomic mass is 15.3. The number of rotatable bonds is 6. The maximum atomic E-state index is 4.52. The normalized spacial score (nSPS) is 12.4. The number of imidazole rings is 1. The minimum Gasteiger partial charge on any atom is -0.363 e. The van der Waals surface area contributed by atoms with Gasteiger partial charge in [-0.3, -0.25) is 0 Å². The van der Waals surface area contributed by atoms with Gasteiger partial charge in [0, 0.05) is 36.8 Å². The molecule has 0 fully saturated rings. The van der Waals surface area contributed by atoms with E-state index in [0.717, 1.165) is 35.9 Å². The van der Waals surface area contributed by atoms with Crippen molar-refractivity contribution >= 4 is 11.5 Å². The highest BCUT2D eigenvalue weighted by Crippen LogP contribution is 2.24. The summed E-state index contributed by atoms with van der Waals surface area (Å²) >= 11 is 0. The molecule has 0 amide bonds. The quantitative estimate of drug-likeness (QED) is 0.577. The minimum atomic E-state index is 0.159. The van der Waals surface area contributed by atoms with Crippen LogP contribution in [0.15, 0.2) is 61.1 Å². The Morgan fingerprint density at radius 3 is 2.69 bits per heavy atom. The second kappa shape index (κ2) is 7.00. The van der Waals surface area contributed by atoms with Crippen LogP contribution < -0.4 is 5.32 Å². The van der Waals surface area contributed by atoms with Crippen molar-refractivity contribution < 1.29 is 0 Å². The third kappa shape index (κ3) is 3.31. The van der Waals surface area contributed by atoms with Crippen molar-refractivity contribution in [3.05, 3.63) is 78.1 Å². The summed E-state index contributed by atoms with van der Waals surface area (Å²) in [5.41, 5.74) is 3.07. The molecule has 0 saturated carbocycles. The molecule has 1 N–H and O–H groups in total. The summed E-state index contributed by atoms with van der Waals surface area (Å²) < 4.78 is 4.03. The van der Waals surface area contributed by atoms with E-state index in [1.54, 1.807) is 6.20 Å². The number of benzene rings is 1. The molecule has 0 aliphatic heterocycles. The largest absolute Gasteiger partial charge is 0.363 e. The molecule has 0 aliphatic carbocycles. The number of nitrogens with one attached hydrogen (secondary N) is 1. The van der Waals surface area contributed by atoms with Gasteiger partial charge in [-0.25, -0.2) is 9.97 Å². The Morgan fingerprint density at radius 2 is 1.92 bits per heavy atom. The van der Waals surface area contributed by atoms with Crippen molar-refractivity contribution in [2.75, 3.05) is 5.32 Å².